The van der Waals surface area contributed by atoms with Crippen molar-refractivity contribution in [1.82, 2.24) is 0 Å². The molecule has 0 bridgehead atoms. The van der Waals surface area contributed by atoms with Crippen molar-refractivity contribution in [3.63, 3.8) is 0 Å². The van der Waals surface area contributed by atoms with Gasteiger partial charge in [-0.25, -0.2) is 0 Å². The zero-order valence-electron chi connectivity index (χ0n) is 10.6. The summed E-state index contributed by atoms with van der Waals surface area (Å²) < 4.78 is 0. The second-order valence-corrected chi connectivity index (χ2v) is 5.34. The summed E-state index contributed by atoms with van der Waals surface area (Å²) >= 11 is 0. The van der Waals surface area contributed by atoms with Crippen LogP contribution in [0.25, 0.3) is 0 Å². The third-order valence-electron chi connectivity index (χ3n) is 3.70. The highest BCUT2D eigenvalue weighted by Crippen LogP contribution is 2.47. The lowest BCUT2D eigenvalue weighted by atomic mass is 9.90. The highest BCUT2D eigenvalue weighted by Gasteiger charge is 2.31. The molecule has 0 amide bonds. The fourth-order valence-electron chi connectivity index (χ4n) is 2.35. The first-order valence-electron chi connectivity index (χ1n) is 6.24. The van der Waals surface area contributed by atoms with E-state index in [2.05, 4.69) is 12.1 Å². The van der Waals surface area contributed by atoms with Crippen molar-refractivity contribution in [2.75, 3.05) is 0 Å². The lowest BCUT2D eigenvalue weighted by Crippen LogP contribution is -1.99. The Balaban J connectivity index is 2.48. The zero-order valence-corrected chi connectivity index (χ0v) is 10.6. The quantitative estimate of drug-likeness (QED) is 0.782. The number of rotatable bonds is 4. The van der Waals surface area contributed by atoms with Crippen LogP contribution in [0.4, 0.5) is 5.69 Å². The van der Waals surface area contributed by atoms with E-state index in [4.69, 9.17) is 0 Å². The molecule has 0 saturated heterocycles. The van der Waals surface area contributed by atoms with Gasteiger partial charge in [-0.3, -0.25) is 0 Å². The van der Waals surface area contributed by atoms with E-state index in [1.807, 2.05) is 13.8 Å². The highest BCUT2D eigenvalue weighted by atomic mass is 16.3. The minimum absolute atomic E-state index is 0.196. The Morgan fingerprint density at radius 1 is 1.24 bits per heavy atom. The number of benzene rings is 1. The Bertz CT molecular complexity index is 436. The van der Waals surface area contributed by atoms with Gasteiger partial charge in [-0.2, -0.15) is 0 Å². The molecule has 0 spiro atoms. The summed E-state index contributed by atoms with van der Waals surface area (Å²) in [7, 11) is 0. The molecule has 92 valence electrons. The Morgan fingerprint density at radius 3 is 2.29 bits per heavy atom. The summed E-state index contributed by atoms with van der Waals surface area (Å²) in [6.07, 6.45) is 2.44. The summed E-state index contributed by atoms with van der Waals surface area (Å²) in [4.78, 5) is 10.7. The Morgan fingerprint density at radius 2 is 1.82 bits per heavy atom. The predicted octanol–water partition coefficient (Wildman–Crippen LogP) is 4.43. The third kappa shape index (κ3) is 2.33. The minimum Gasteiger partial charge on any atom is -0.507 e. The van der Waals surface area contributed by atoms with Crippen molar-refractivity contribution in [1.29, 1.82) is 0 Å². The van der Waals surface area contributed by atoms with Crippen LogP contribution in [0.5, 0.6) is 5.75 Å². The molecule has 17 heavy (non-hydrogen) atoms. The summed E-state index contributed by atoms with van der Waals surface area (Å²) in [5.41, 5.74) is 2.13. The molecule has 1 aliphatic carbocycles. The van der Waals surface area contributed by atoms with Gasteiger partial charge >= 0.3 is 0 Å². The van der Waals surface area contributed by atoms with E-state index in [1.54, 1.807) is 12.1 Å². The molecule has 0 unspecified atom stereocenters. The van der Waals surface area contributed by atoms with Gasteiger partial charge in [0.1, 0.15) is 11.4 Å². The maximum atomic E-state index is 10.7. The molecule has 1 N–H and O–H groups in total. The Labute approximate surface area is 102 Å². The second kappa shape index (κ2) is 4.47. The fourth-order valence-corrected chi connectivity index (χ4v) is 2.35. The molecule has 1 aliphatic rings. The summed E-state index contributed by atoms with van der Waals surface area (Å²) in [5, 5.41) is 13.3. The van der Waals surface area contributed by atoms with Crippen molar-refractivity contribution in [3.05, 3.63) is 28.2 Å². The molecule has 0 aliphatic heterocycles. The number of hydrogen-bond donors (Lipinski definition) is 1. The first-order valence-corrected chi connectivity index (χ1v) is 6.24. The van der Waals surface area contributed by atoms with Crippen molar-refractivity contribution in [3.8, 4) is 5.75 Å². The molecule has 3 heteroatoms. The lowest BCUT2D eigenvalue weighted by molar-refractivity contribution is 0.449. The van der Waals surface area contributed by atoms with Gasteiger partial charge in [0.25, 0.3) is 0 Å². The highest BCUT2D eigenvalue weighted by molar-refractivity contribution is 5.54. The Kier molecular flexibility index (Phi) is 3.18. The van der Waals surface area contributed by atoms with E-state index in [9.17, 15) is 10.0 Å². The standard InChI is InChI=1S/C14H19NO2/c1-8(2)12-6-11(15-17)7-13(14(12)16)9(3)10-4-5-10/h6-10,16H,4-5H2,1-3H3/t9-/m1/s1. The van der Waals surface area contributed by atoms with Gasteiger partial charge in [-0.15, -0.1) is 4.91 Å². The van der Waals surface area contributed by atoms with Gasteiger partial charge in [0.15, 0.2) is 0 Å². The predicted molar refractivity (Wildman–Crippen MR) is 68.8 cm³/mol. The smallest absolute Gasteiger partial charge is 0.122 e. The van der Waals surface area contributed by atoms with Gasteiger partial charge in [-0.1, -0.05) is 20.8 Å². The number of aromatic hydroxyl groups is 1. The topological polar surface area (TPSA) is 49.7 Å². The van der Waals surface area contributed by atoms with Crippen LogP contribution in [0.3, 0.4) is 0 Å². The van der Waals surface area contributed by atoms with E-state index in [0.717, 1.165) is 11.1 Å². The first kappa shape index (κ1) is 12.1. The molecule has 0 radical (unpaired) electrons. The van der Waals surface area contributed by atoms with Gasteiger partial charge < -0.3 is 5.11 Å². The van der Waals surface area contributed by atoms with Crippen LogP contribution in [0.15, 0.2) is 17.3 Å². The Hall–Kier alpha value is -1.38. The van der Waals surface area contributed by atoms with Gasteiger partial charge in [-0.05, 0) is 59.0 Å². The zero-order chi connectivity index (χ0) is 12.6. The summed E-state index contributed by atoms with van der Waals surface area (Å²) in [6, 6.07) is 3.42. The summed E-state index contributed by atoms with van der Waals surface area (Å²) in [5.74, 6) is 1.52. The first-order chi connectivity index (χ1) is 8.04. The average molecular weight is 233 g/mol. The molecule has 2 rings (SSSR count). The average Bonchev–Trinajstić information content (AvgIpc) is 3.12. The normalized spacial score (nSPS) is 17.2. The SMILES string of the molecule is CC(C)c1cc(N=O)cc([C@H](C)C2CC2)c1O. The summed E-state index contributed by atoms with van der Waals surface area (Å²) in [6.45, 7) is 6.13. The molecule has 1 aromatic carbocycles. The number of phenols is 1. The molecular formula is C14H19NO2. The molecule has 0 heterocycles. The van der Waals surface area contributed by atoms with Crippen LogP contribution in [0.1, 0.15) is 56.6 Å². The maximum Gasteiger partial charge on any atom is 0.122 e. The second-order valence-electron chi connectivity index (χ2n) is 5.34. The number of phenolic OH excluding ortho intramolecular Hbond substituents is 1. The van der Waals surface area contributed by atoms with Crippen molar-refractivity contribution < 1.29 is 5.11 Å². The van der Waals surface area contributed by atoms with E-state index in [1.165, 1.54) is 12.8 Å². The van der Waals surface area contributed by atoms with Crippen molar-refractivity contribution in [2.24, 2.45) is 11.1 Å². The fraction of sp³-hybridized carbons (Fsp3) is 0.571. The monoisotopic (exact) mass is 233 g/mol. The minimum atomic E-state index is 0.196. The number of nitroso groups, excluding NO2 is 1. The van der Waals surface area contributed by atoms with Crippen LogP contribution in [-0.2, 0) is 0 Å². The van der Waals surface area contributed by atoms with Crippen LogP contribution >= 0.6 is 0 Å². The van der Waals surface area contributed by atoms with Crippen LogP contribution in [-0.4, -0.2) is 5.11 Å². The van der Waals surface area contributed by atoms with Gasteiger partial charge in [0, 0.05) is 0 Å². The van der Waals surface area contributed by atoms with Crippen LogP contribution in [0, 0.1) is 10.8 Å². The third-order valence-corrected chi connectivity index (χ3v) is 3.70. The maximum absolute atomic E-state index is 10.7. The molecule has 1 saturated carbocycles. The van der Waals surface area contributed by atoms with Crippen molar-refractivity contribution >= 4 is 5.69 Å². The molecular weight excluding hydrogens is 214 g/mol. The van der Waals surface area contributed by atoms with E-state index in [0.29, 0.717) is 23.3 Å². The molecule has 3 nitrogen and oxygen atoms in total. The lowest BCUT2D eigenvalue weighted by Gasteiger charge is -2.17. The van der Waals surface area contributed by atoms with E-state index >= 15 is 0 Å². The molecule has 1 atom stereocenters. The molecule has 0 aromatic heterocycles. The van der Waals surface area contributed by atoms with E-state index < -0.39 is 0 Å². The van der Waals surface area contributed by atoms with Crippen LogP contribution < -0.4 is 0 Å². The largest absolute Gasteiger partial charge is 0.507 e. The number of nitrogens with zero attached hydrogens (tertiary/aromatic N) is 1. The van der Waals surface area contributed by atoms with Gasteiger partial charge in [0.05, 0.1) is 0 Å². The molecule has 1 aromatic rings. The van der Waals surface area contributed by atoms with Crippen molar-refractivity contribution in [2.45, 2.75) is 45.4 Å². The molecule has 1 fully saturated rings. The van der Waals surface area contributed by atoms with E-state index in [-0.39, 0.29) is 5.92 Å². The van der Waals surface area contributed by atoms with Crippen LogP contribution in [0.2, 0.25) is 0 Å². The number of hydrogen-bond acceptors (Lipinski definition) is 3. The van der Waals surface area contributed by atoms with Gasteiger partial charge in [0.2, 0.25) is 0 Å².